The van der Waals surface area contributed by atoms with E-state index < -0.39 is 0 Å². The molecule has 0 aliphatic rings. The standard InChI is InChI=1S/C22H22N4O4/c1-15-12-18(30-22-23-10-5-11-24-22)8-9-19(15)25-21(28)16-6-4-7-17(13-16)29-14-20(27)26(2)3/h4-13H,14H2,1-3H3,(H,25,28). The fourth-order valence-corrected chi connectivity index (χ4v) is 2.48. The molecule has 8 heteroatoms. The van der Waals surface area contributed by atoms with Gasteiger partial charge in [-0.3, -0.25) is 9.59 Å². The third kappa shape index (κ3) is 5.54. The lowest BCUT2D eigenvalue weighted by Crippen LogP contribution is -2.27. The number of aromatic nitrogens is 2. The van der Waals surface area contributed by atoms with Crippen molar-refractivity contribution in [3.05, 3.63) is 72.1 Å². The molecule has 0 aliphatic carbocycles. The van der Waals surface area contributed by atoms with E-state index in [-0.39, 0.29) is 24.4 Å². The minimum absolute atomic E-state index is 0.0935. The molecular formula is C22H22N4O4. The van der Waals surface area contributed by atoms with Crippen LogP contribution in [0.15, 0.2) is 60.9 Å². The Kier molecular flexibility index (Phi) is 6.59. The van der Waals surface area contributed by atoms with E-state index in [1.54, 1.807) is 75.0 Å². The SMILES string of the molecule is Cc1cc(Oc2ncccn2)ccc1NC(=O)c1cccc(OCC(=O)N(C)C)c1. The Morgan fingerprint density at radius 1 is 1.00 bits per heavy atom. The van der Waals surface area contributed by atoms with Gasteiger partial charge in [-0.2, -0.15) is 0 Å². The second kappa shape index (κ2) is 9.51. The molecule has 3 aromatic rings. The van der Waals surface area contributed by atoms with Gasteiger partial charge in [0.2, 0.25) is 0 Å². The van der Waals surface area contributed by atoms with Crippen LogP contribution < -0.4 is 14.8 Å². The molecule has 0 radical (unpaired) electrons. The quantitative estimate of drug-likeness (QED) is 0.647. The van der Waals surface area contributed by atoms with Crippen LogP contribution in [0.3, 0.4) is 0 Å². The predicted molar refractivity (Wildman–Crippen MR) is 112 cm³/mol. The molecule has 1 heterocycles. The molecule has 0 atom stereocenters. The van der Waals surface area contributed by atoms with E-state index in [2.05, 4.69) is 15.3 Å². The molecule has 1 aromatic heterocycles. The molecule has 2 amide bonds. The van der Waals surface area contributed by atoms with Crippen molar-refractivity contribution in [2.45, 2.75) is 6.92 Å². The molecule has 0 fully saturated rings. The second-order valence-electron chi connectivity index (χ2n) is 6.67. The molecule has 3 rings (SSSR count). The Bertz CT molecular complexity index is 1040. The molecule has 1 N–H and O–H groups in total. The van der Waals surface area contributed by atoms with E-state index in [9.17, 15) is 9.59 Å². The molecule has 0 bridgehead atoms. The molecular weight excluding hydrogens is 384 g/mol. The van der Waals surface area contributed by atoms with Gasteiger partial charge < -0.3 is 19.7 Å². The highest BCUT2D eigenvalue weighted by molar-refractivity contribution is 6.04. The van der Waals surface area contributed by atoms with Crippen LogP contribution in [0.2, 0.25) is 0 Å². The van der Waals surface area contributed by atoms with Crippen LogP contribution in [0.4, 0.5) is 5.69 Å². The monoisotopic (exact) mass is 406 g/mol. The number of hydrogen-bond acceptors (Lipinski definition) is 6. The first-order chi connectivity index (χ1) is 14.4. The van der Waals surface area contributed by atoms with Gasteiger partial charge in [-0.1, -0.05) is 6.07 Å². The average Bonchev–Trinajstić information content (AvgIpc) is 2.74. The zero-order valence-corrected chi connectivity index (χ0v) is 17.0. The van der Waals surface area contributed by atoms with Gasteiger partial charge >= 0.3 is 6.01 Å². The number of hydrogen-bond donors (Lipinski definition) is 1. The van der Waals surface area contributed by atoms with E-state index in [1.165, 1.54) is 4.90 Å². The number of benzene rings is 2. The maximum absolute atomic E-state index is 12.6. The van der Waals surface area contributed by atoms with Gasteiger partial charge in [0.25, 0.3) is 11.8 Å². The van der Waals surface area contributed by atoms with Crippen molar-refractivity contribution in [3.63, 3.8) is 0 Å². The smallest absolute Gasteiger partial charge is 0.321 e. The van der Waals surface area contributed by atoms with Crippen LogP contribution in [0.1, 0.15) is 15.9 Å². The highest BCUT2D eigenvalue weighted by Crippen LogP contribution is 2.25. The van der Waals surface area contributed by atoms with Crippen molar-refractivity contribution in [1.29, 1.82) is 0 Å². The molecule has 154 valence electrons. The van der Waals surface area contributed by atoms with Crippen LogP contribution >= 0.6 is 0 Å². The largest absolute Gasteiger partial charge is 0.484 e. The number of carbonyl (C=O) groups is 2. The summed E-state index contributed by atoms with van der Waals surface area (Å²) in [5.41, 5.74) is 1.89. The fraction of sp³-hybridized carbons (Fsp3) is 0.182. The van der Waals surface area contributed by atoms with Crippen molar-refractivity contribution in [1.82, 2.24) is 14.9 Å². The van der Waals surface area contributed by atoms with Crippen molar-refractivity contribution >= 4 is 17.5 Å². The first-order valence-corrected chi connectivity index (χ1v) is 9.22. The fourth-order valence-electron chi connectivity index (χ4n) is 2.48. The molecule has 0 unspecified atom stereocenters. The summed E-state index contributed by atoms with van der Waals surface area (Å²) in [5.74, 6) is 0.560. The number of carbonyl (C=O) groups excluding carboxylic acids is 2. The van der Waals surface area contributed by atoms with Crippen molar-refractivity contribution < 1.29 is 19.1 Å². The van der Waals surface area contributed by atoms with Gasteiger partial charge in [0, 0.05) is 37.7 Å². The van der Waals surface area contributed by atoms with E-state index in [1.807, 2.05) is 6.92 Å². The summed E-state index contributed by atoms with van der Waals surface area (Å²) in [4.78, 5) is 33.8. The Hall–Kier alpha value is -3.94. The zero-order valence-electron chi connectivity index (χ0n) is 17.0. The molecule has 2 aromatic carbocycles. The van der Waals surface area contributed by atoms with Gasteiger partial charge in [0.05, 0.1) is 0 Å². The summed E-state index contributed by atoms with van der Waals surface area (Å²) >= 11 is 0. The van der Waals surface area contributed by atoms with Crippen LogP contribution in [0, 0.1) is 6.92 Å². The van der Waals surface area contributed by atoms with E-state index in [0.29, 0.717) is 22.7 Å². The van der Waals surface area contributed by atoms with E-state index >= 15 is 0 Å². The summed E-state index contributed by atoms with van der Waals surface area (Å²) in [5, 5.41) is 2.87. The molecule has 0 saturated carbocycles. The lowest BCUT2D eigenvalue weighted by molar-refractivity contribution is -0.130. The van der Waals surface area contributed by atoms with Crippen LogP contribution in [-0.2, 0) is 4.79 Å². The Morgan fingerprint density at radius 3 is 2.47 bits per heavy atom. The number of nitrogens with one attached hydrogen (secondary N) is 1. The number of amides is 2. The average molecular weight is 406 g/mol. The lowest BCUT2D eigenvalue weighted by atomic mass is 10.1. The Morgan fingerprint density at radius 2 is 1.77 bits per heavy atom. The highest BCUT2D eigenvalue weighted by Gasteiger charge is 2.11. The van der Waals surface area contributed by atoms with Crippen molar-refractivity contribution in [2.75, 3.05) is 26.0 Å². The minimum atomic E-state index is -0.289. The number of likely N-dealkylation sites (N-methyl/N-ethyl adjacent to an activating group) is 1. The third-order valence-corrected chi connectivity index (χ3v) is 4.15. The molecule has 0 aliphatic heterocycles. The summed E-state index contributed by atoms with van der Waals surface area (Å²) in [6.07, 6.45) is 3.19. The molecule has 0 saturated heterocycles. The summed E-state index contributed by atoms with van der Waals surface area (Å²) < 4.78 is 11.1. The second-order valence-corrected chi connectivity index (χ2v) is 6.67. The Balaban J connectivity index is 1.65. The highest BCUT2D eigenvalue weighted by atomic mass is 16.5. The normalized spacial score (nSPS) is 10.2. The number of nitrogens with zero attached hydrogens (tertiary/aromatic N) is 3. The number of aryl methyl sites for hydroxylation is 1. The van der Waals surface area contributed by atoms with Gasteiger partial charge in [-0.15, -0.1) is 0 Å². The van der Waals surface area contributed by atoms with Gasteiger partial charge in [-0.05, 0) is 55.0 Å². The van der Waals surface area contributed by atoms with Gasteiger partial charge in [-0.25, -0.2) is 9.97 Å². The molecule has 0 spiro atoms. The molecule has 8 nitrogen and oxygen atoms in total. The van der Waals surface area contributed by atoms with Crippen molar-refractivity contribution in [2.24, 2.45) is 0 Å². The zero-order chi connectivity index (χ0) is 21.5. The van der Waals surface area contributed by atoms with Gasteiger partial charge in [0.1, 0.15) is 11.5 Å². The maximum atomic E-state index is 12.6. The summed E-state index contributed by atoms with van der Waals surface area (Å²) in [6.45, 7) is 1.77. The topological polar surface area (TPSA) is 93.7 Å². The van der Waals surface area contributed by atoms with Crippen LogP contribution in [0.25, 0.3) is 0 Å². The van der Waals surface area contributed by atoms with Gasteiger partial charge in [0.15, 0.2) is 6.61 Å². The summed E-state index contributed by atoms with van der Waals surface area (Å²) in [6, 6.07) is 13.9. The maximum Gasteiger partial charge on any atom is 0.321 e. The minimum Gasteiger partial charge on any atom is -0.484 e. The van der Waals surface area contributed by atoms with E-state index in [4.69, 9.17) is 9.47 Å². The third-order valence-electron chi connectivity index (χ3n) is 4.15. The number of rotatable bonds is 7. The summed E-state index contributed by atoms with van der Waals surface area (Å²) in [7, 11) is 3.31. The van der Waals surface area contributed by atoms with E-state index in [0.717, 1.165) is 5.56 Å². The molecule has 30 heavy (non-hydrogen) atoms. The number of ether oxygens (including phenoxy) is 2. The number of anilines is 1. The Labute approximate surface area is 174 Å². The van der Waals surface area contributed by atoms with Crippen LogP contribution in [-0.4, -0.2) is 47.4 Å². The predicted octanol–water partition coefficient (Wildman–Crippen LogP) is 3.30. The van der Waals surface area contributed by atoms with Crippen LogP contribution in [0.5, 0.6) is 17.5 Å². The first-order valence-electron chi connectivity index (χ1n) is 9.22. The van der Waals surface area contributed by atoms with Crippen molar-refractivity contribution in [3.8, 4) is 17.5 Å². The lowest BCUT2D eigenvalue weighted by Gasteiger charge is -2.13. The first kappa shape index (κ1) is 20.8.